The van der Waals surface area contributed by atoms with Crippen LogP contribution < -0.4 is 15.4 Å². The largest absolute Gasteiger partial charge is 0.493 e. The number of halogens is 1. The van der Waals surface area contributed by atoms with Gasteiger partial charge in [0.25, 0.3) is 5.91 Å². The monoisotopic (exact) mass is 390 g/mol. The molecule has 0 aliphatic carbocycles. The molecule has 2 rings (SSSR count). The highest BCUT2D eigenvalue weighted by Gasteiger charge is 2.13. The minimum Gasteiger partial charge on any atom is -0.493 e. The van der Waals surface area contributed by atoms with Crippen molar-refractivity contribution in [3.8, 4) is 5.75 Å². The van der Waals surface area contributed by atoms with Gasteiger partial charge < -0.3 is 15.4 Å². The molecule has 0 bridgehead atoms. The number of ether oxygens (including phenoxy) is 1. The van der Waals surface area contributed by atoms with E-state index in [1.807, 2.05) is 32.0 Å². The van der Waals surface area contributed by atoms with Crippen LogP contribution in [0.5, 0.6) is 5.75 Å². The molecule has 0 aliphatic rings. The second-order valence-electron chi connectivity index (χ2n) is 5.12. The zero-order valence-corrected chi connectivity index (χ0v) is 15.1. The average molecular weight is 391 g/mol. The Morgan fingerprint density at radius 3 is 2.62 bits per heavy atom. The number of anilines is 1. The molecule has 2 amide bonds. The molecule has 24 heavy (non-hydrogen) atoms. The normalized spacial score (nSPS) is 10.1. The van der Waals surface area contributed by atoms with Gasteiger partial charge in [0.2, 0.25) is 5.91 Å². The van der Waals surface area contributed by atoms with Crippen LogP contribution in [-0.2, 0) is 4.79 Å². The molecule has 0 aliphatic heterocycles. The lowest BCUT2D eigenvalue weighted by Crippen LogP contribution is -2.33. The van der Waals surface area contributed by atoms with E-state index in [2.05, 4.69) is 26.6 Å². The number of hydrogen-bond acceptors (Lipinski definition) is 3. The van der Waals surface area contributed by atoms with Gasteiger partial charge in [0.05, 0.1) is 18.7 Å². The Morgan fingerprint density at radius 2 is 1.92 bits per heavy atom. The number of para-hydroxylation sites is 1. The van der Waals surface area contributed by atoms with E-state index in [9.17, 15) is 9.59 Å². The summed E-state index contributed by atoms with van der Waals surface area (Å²) >= 11 is 3.38. The van der Waals surface area contributed by atoms with Gasteiger partial charge >= 0.3 is 0 Å². The third kappa shape index (κ3) is 4.83. The van der Waals surface area contributed by atoms with Gasteiger partial charge in [-0.15, -0.1) is 0 Å². The SMILES string of the molecule is CCOc1ccccc1C(=O)NCC(=O)Nc1ccc(Br)cc1C. The smallest absolute Gasteiger partial charge is 0.255 e. The quantitative estimate of drug-likeness (QED) is 0.792. The second kappa shape index (κ2) is 8.49. The molecule has 0 unspecified atom stereocenters. The fourth-order valence-corrected chi connectivity index (χ4v) is 2.63. The maximum absolute atomic E-state index is 12.2. The topological polar surface area (TPSA) is 67.4 Å². The first kappa shape index (κ1) is 18.0. The van der Waals surface area contributed by atoms with Crippen LogP contribution in [0.15, 0.2) is 46.9 Å². The van der Waals surface area contributed by atoms with Gasteiger partial charge in [-0.1, -0.05) is 28.1 Å². The van der Waals surface area contributed by atoms with E-state index in [-0.39, 0.29) is 18.4 Å². The van der Waals surface area contributed by atoms with Crippen molar-refractivity contribution in [1.29, 1.82) is 0 Å². The predicted molar refractivity (Wildman–Crippen MR) is 97.5 cm³/mol. The Kier molecular flexibility index (Phi) is 6.37. The van der Waals surface area contributed by atoms with E-state index < -0.39 is 0 Å². The highest BCUT2D eigenvalue weighted by Crippen LogP contribution is 2.20. The van der Waals surface area contributed by atoms with E-state index >= 15 is 0 Å². The van der Waals surface area contributed by atoms with Crippen LogP contribution in [0.1, 0.15) is 22.8 Å². The molecule has 0 atom stereocenters. The minimum atomic E-state index is -0.346. The lowest BCUT2D eigenvalue weighted by molar-refractivity contribution is -0.115. The Morgan fingerprint density at radius 1 is 1.17 bits per heavy atom. The molecule has 0 saturated carbocycles. The van der Waals surface area contributed by atoms with E-state index in [4.69, 9.17) is 4.74 Å². The van der Waals surface area contributed by atoms with Crippen molar-refractivity contribution in [1.82, 2.24) is 5.32 Å². The maximum Gasteiger partial charge on any atom is 0.255 e. The van der Waals surface area contributed by atoms with Crippen molar-refractivity contribution in [3.63, 3.8) is 0 Å². The summed E-state index contributed by atoms with van der Waals surface area (Å²) in [6.45, 7) is 4.10. The van der Waals surface area contributed by atoms with Crippen LogP contribution in [0.3, 0.4) is 0 Å². The Bertz CT molecular complexity index is 747. The zero-order chi connectivity index (χ0) is 17.5. The Hall–Kier alpha value is -2.34. The van der Waals surface area contributed by atoms with Crippen LogP contribution in [0.25, 0.3) is 0 Å². The molecule has 2 N–H and O–H groups in total. The van der Waals surface area contributed by atoms with Gasteiger partial charge in [0.1, 0.15) is 5.75 Å². The fourth-order valence-electron chi connectivity index (χ4n) is 2.15. The average Bonchev–Trinajstić information content (AvgIpc) is 2.56. The van der Waals surface area contributed by atoms with Crippen LogP contribution >= 0.6 is 15.9 Å². The second-order valence-corrected chi connectivity index (χ2v) is 6.03. The summed E-state index contributed by atoms with van der Waals surface area (Å²) in [6.07, 6.45) is 0. The maximum atomic E-state index is 12.2. The number of carbonyl (C=O) groups excluding carboxylic acids is 2. The molecule has 0 fully saturated rings. The van der Waals surface area contributed by atoms with Crippen molar-refractivity contribution >= 4 is 33.4 Å². The zero-order valence-electron chi connectivity index (χ0n) is 13.6. The Balaban J connectivity index is 1.95. The lowest BCUT2D eigenvalue weighted by Gasteiger charge is -2.11. The highest BCUT2D eigenvalue weighted by atomic mass is 79.9. The number of rotatable bonds is 6. The summed E-state index contributed by atoms with van der Waals surface area (Å²) in [6, 6.07) is 12.5. The van der Waals surface area contributed by atoms with Crippen molar-refractivity contribution in [2.45, 2.75) is 13.8 Å². The summed E-state index contributed by atoms with van der Waals surface area (Å²) in [5.74, 6) is -0.133. The van der Waals surface area contributed by atoms with Crippen molar-refractivity contribution in [2.75, 3.05) is 18.5 Å². The summed E-state index contributed by atoms with van der Waals surface area (Å²) in [7, 11) is 0. The van der Waals surface area contributed by atoms with Crippen LogP contribution in [0, 0.1) is 6.92 Å². The van der Waals surface area contributed by atoms with E-state index in [1.54, 1.807) is 24.3 Å². The minimum absolute atomic E-state index is 0.116. The molecule has 6 heteroatoms. The fraction of sp³-hybridized carbons (Fsp3) is 0.222. The van der Waals surface area contributed by atoms with Gasteiger partial charge in [-0.05, 0) is 49.7 Å². The molecular weight excluding hydrogens is 372 g/mol. The van der Waals surface area contributed by atoms with Gasteiger partial charge in [-0.2, -0.15) is 0 Å². The van der Waals surface area contributed by atoms with E-state index in [0.29, 0.717) is 23.6 Å². The highest BCUT2D eigenvalue weighted by molar-refractivity contribution is 9.10. The van der Waals surface area contributed by atoms with Crippen LogP contribution in [0.4, 0.5) is 5.69 Å². The number of carbonyl (C=O) groups is 2. The third-order valence-corrected chi connectivity index (χ3v) is 3.80. The van der Waals surface area contributed by atoms with Gasteiger partial charge in [0, 0.05) is 10.2 Å². The molecule has 0 saturated heterocycles. The number of nitrogens with one attached hydrogen (secondary N) is 2. The first-order valence-corrected chi connectivity index (χ1v) is 8.36. The van der Waals surface area contributed by atoms with Gasteiger partial charge in [0.15, 0.2) is 0 Å². The molecule has 2 aromatic rings. The summed E-state index contributed by atoms with van der Waals surface area (Å²) < 4.78 is 6.37. The molecule has 126 valence electrons. The standard InChI is InChI=1S/C18H19BrN2O3/c1-3-24-16-7-5-4-6-14(16)18(23)20-11-17(22)21-15-9-8-13(19)10-12(15)2/h4-10H,3,11H2,1-2H3,(H,20,23)(H,21,22). The lowest BCUT2D eigenvalue weighted by atomic mass is 10.2. The van der Waals surface area contributed by atoms with E-state index in [0.717, 1.165) is 10.0 Å². The molecule has 0 radical (unpaired) electrons. The molecule has 5 nitrogen and oxygen atoms in total. The first-order valence-electron chi connectivity index (χ1n) is 7.57. The third-order valence-electron chi connectivity index (χ3n) is 3.30. The predicted octanol–water partition coefficient (Wildman–Crippen LogP) is 3.52. The summed E-state index contributed by atoms with van der Waals surface area (Å²) in [4.78, 5) is 24.3. The van der Waals surface area contributed by atoms with Crippen molar-refractivity contribution in [3.05, 3.63) is 58.1 Å². The molecule has 2 aromatic carbocycles. The van der Waals surface area contributed by atoms with Gasteiger partial charge in [-0.25, -0.2) is 0 Å². The van der Waals surface area contributed by atoms with Crippen LogP contribution in [0.2, 0.25) is 0 Å². The van der Waals surface area contributed by atoms with Crippen LogP contribution in [-0.4, -0.2) is 25.0 Å². The Labute approximate surface area is 149 Å². The number of amides is 2. The number of hydrogen-bond donors (Lipinski definition) is 2. The molecular formula is C18H19BrN2O3. The number of aryl methyl sites for hydroxylation is 1. The summed E-state index contributed by atoms with van der Waals surface area (Å²) in [5, 5.41) is 5.39. The van der Waals surface area contributed by atoms with Crippen molar-refractivity contribution in [2.24, 2.45) is 0 Å². The molecule has 0 heterocycles. The van der Waals surface area contributed by atoms with Crippen molar-refractivity contribution < 1.29 is 14.3 Å². The van der Waals surface area contributed by atoms with Gasteiger partial charge in [-0.3, -0.25) is 9.59 Å². The number of benzene rings is 2. The molecule has 0 spiro atoms. The first-order chi connectivity index (χ1) is 11.5. The molecule has 0 aromatic heterocycles. The van der Waals surface area contributed by atoms with E-state index in [1.165, 1.54) is 0 Å². The summed E-state index contributed by atoms with van der Waals surface area (Å²) in [5.41, 5.74) is 2.06.